The van der Waals surface area contributed by atoms with Crippen LogP contribution in [-0.4, -0.2) is 69.6 Å². The lowest BCUT2D eigenvalue weighted by Gasteiger charge is -2.29. The fourth-order valence-corrected chi connectivity index (χ4v) is 7.91. The molecule has 3 atom stereocenters. The first-order chi connectivity index (χ1) is 31.4. The molecule has 0 spiro atoms. The van der Waals surface area contributed by atoms with Gasteiger partial charge in [-0.2, -0.15) is 5.10 Å². The number of ether oxygens (including phenoxy) is 2. The molecule has 0 aromatic carbocycles. The van der Waals surface area contributed by atoms with Crippen molar-refractivity contribution in [1.82, 2.24) is 41.0 Å². The second-order valence-electron chi connectivity index (χ2n) is 16.4. The molecular weight excluding hydrogens is 831 g/mol. The molecule has 0 aliphatic heterocycles. The summed E-state index contributed by atoms with van der Waals surface area (Å²) in [5, 5.41) is 15.5. The second kappa shape index (κ2) is 20.9. The number of furan rings is 2. The molecule has 0 radical (unpaired) electrons. The highest BCUT2D eigenvalue weighted by molar-refractivity contribution is 5.96. The Morgan fingerprint density at radius 3 is 1.92 bits per heavy atom. The number of likely N-dealkylation sites (N-methyl/N-ethyl adjacent to an activating group) is 2. The monoisotopic (exact) mass is 886 g/mol. The van der Waals surface area contributed by atoms with E-state index in [0.29, 0.717) is 47.6 Å². The number of aromatic nitrogens is 5. The van der Waals surface area contributed by atoms with Crippen molar-refractivity contribution >= 4 is 23.6 Å². The van der Waals surface area contributed by atoms with Gasteiger partial charge in [-0.15, -0.1) is 0 Å². The molecule has 6 aromatic heterocycles. The van der Waals surface area contributed by atoms with Gasteiger partial charge < -0.3 is 39.6 Å². The highest BCUT2D eigenvalue weighted by atomic mass is 16.5. The summed E-state index contributed by atoms with van der Waals surface area (Å²) >= 11 is 0. The van der Waals surface area contributed by atoms with E-state index in [4.69, 9.17) is 18.3 Å². The molecular formula is C48H56N9O8+. The van der Waals surface area contributed by atoms with Gasteiger partial charge in [-0.3, -0.25) is 23.9 Å². The molecule has 1 aliphatic carbocycles. The summed E-state index contributed by atoms with van der Waals surface area (Å²) in [5.41, 5.74) is 4.80. The molecule has 6 aromatic rings. The van der Waals surface area contributed by atoms with E-state index in [1.54, 1.807) is 72.7 Å². The Morgan fingerprint density at radius 1 is 0.785 bits per heavy atom. The molecule has 7 rings (SSSR count). The van der Waals surface area contributed by atoms with Crippen LogP contribution in [0.1, 0.15) is 82.7 Å². The number of hydrogen-bond acceptors (Lipinski definition) is 11. The summed E-state index contributed by atoms with van der Waals surface area (Å²) in [6.45, 7) is 6.86. The molecule has 17 heteroatoms. The number of carbonyl (C=O) groups excluding carboxylic acids is 4. The topological polar surface area (TPSA) is 209 Å². The Morgan fingerprint density at radius 2 is 1.38 bits per heavy atom. The zero-order valence-corrected chi connectivity index (χ0v) is 37.6. The molecule has 4 amide bonds. The van der Waals surface area contributed by atoms with Crippen molar-refractivity contribution in [3.63, 3.8) is 0 Å². The van der Waals surface area contributed by atoms with Gasteiger partial charge in [0.15, 0.2) is 42.0 Å². The predicted molar refractivity (Wildman–Crippen MR) is 238 cm³/mol. The van der Waals surface area contributed by atoms with Crippen LogP contribution in [0.15, 0.2) is 94.3 Å². The lowest BCUT2D eigenvalue weighted by Crippen LogP contribution is -2.53. The quantitative estimate of drug-likeness (QED) is 0.0804. The van der Waals surface area contributed by atoms with Gasteiger partial charge in [0.2, 0.25) is 11.8 Å². The van der Waals surface area contributed by atoms with E-state index in [2.05, 4.69) is 36.3 Å². The van der Waals surface area contributed by atoms with E-state index >= 15 is 0 Å². The van der Waals surface area contributed by atoms with E-state index in [-0.39, 0.29) is 41.8 Å². The second-order valence-corrected chi connectivity index (χ2v) is 16.4. The van der Waals surface area contributed by atoms with Crippen molar-refractivity contribution in [3.05, 3.63) is 119 Å². The van der Waals surface area contributed by atoms with Crippen LogP contribution in [-0.2, 0) is 36.4 Å². The maximum atomic E-state index is 13.4. The molecule has 0 saturated heterocycles. The third-order valence-electron chi connectivity index (χ3n) is 11.7. The van der Waals surface area contributed by atoms with Crippen LogP contribution in [0.5, 0.6) is 11.5 Å². The third kappa shape index (κ3) is 11.5. The van der Waals surface area contributed by atoms with Gasteiger partial charge in [0.25, 0.3) is 11.8 Å². The first-order valence-corrected chi connectivity index (χ1v) is 21.8. The third-order valence-corrected chi connectivity index (χ3v) is 11.7. The zero-order valence-electron chi connectivity index (χ0n) is 37.6. The SMILES string of the molecule is CNC(=O)C(NC(=O)c1ccc(-c2ccc(OCc3cc(C)n(C)n3)cn2)o1)C(C)C[n+]1ccc(COc2ccc(-c3ccc(C(=O)NC(C(=O)NC)C4CCCCC4)o3)nc2)c(C)c1. The van der Waals surface area contributed by atoms with Crippen LogP contribution in [0.4, 0.5) is 0 Å². The highest BCUT2D eigenvalue weighted by Gasteiger charge is 2.32. The lowest BCUT2D eigenvalue weighted by atomic mass is 9.83. The molecule has 4 N–H and O–H groups in total. The van der Waals surface area contributed by atoms with Gasteiger partial charge in [0.1, 0.15) is 53.9 Å². The van der Waals surface area contributed by atoms with Crippen LogP contribution in [0.25, 0.3) is 22.9 Å². The Labute approximate surface area is 377 Å². The van der Waals surface area contributed by atoms with Crippen LogP contribution in [0.3, 0.4) is 0 Å². The molecule has 6 heterocycles. The minimum Gasteiger partial charge on any atom is -0.487 e. The summed E-state index contributed by atoms with van der Waals surface area (Å²) in [6, 6.07) is 16.0. The van der Waals surface area contributed by atoms with Crippen LogP contribution >= 0.6 is 0 Å². The van der Waals surface area contributed by atoms with Gasteiger partial charge in [0, 0.05) is 49.9 Å². The first-order valence-electron chi connectivity index (χ1n) is 21.8. The van der Waals surface area contributed by atoms with Crippen LogP contribution < -0.4 is 35.3 Å². The molecule has 1 saturated carbocycles. The van der Waals surface area contributed by atoms with Gasteiger partial charge >= 0.3 is 0 Å². The van der Waals surface area contributed by atoms with E-state index in [0.717, 1.165) is 54.6 Å². The minimum atomic E-state index is -0.859. The lowest BCUT2D eigenvalue weighted by molar-refractivity contribution is -0.703. The number of carbonyl (C=O) groups is 4. The molecule has 0 bridgehead atoms. The maximum absolute atomic E-state index is 13.4. The molecule has 1 aliphatic rings. The van der Waals surface area contributed by atoms with Crippen molar-refractivity contribution in [3.8, 4) is 34.4 Å². The average molecular weight is 887 g/mol. The van der Waals surface area contributed by atoms with Crippen molar-refractivity contribution in [1.29, 1.82) is 0 Å². The Balaban J connectivity index is 0.901. The number of amides is 4. The van der Waals surface area contributed by atoms with Gasteiger partial charge in [0.05, 0.1) is 12.4 Å². The smallest absolute Gasteiger partial charge is 0.287 e. The number of nitrogens with zero attached hydrogens (tertiary/aromatic N) is 5. The van der Waals surface area contributed by atoms with Crippen molar-refractivity contribution in [2.75, 3.05) is 14.1 Å². The van der Waals surface area contributed by atoms with E-state index in [9.17, 15) is 19.2 Å². The van der Waals surface area contributed by atoms with Crippen molar-refractivity contribution < 1.29 is 42.1 Å². The van der Waals surface area contributed by atoms with Gasteiger partial charge in [-0.25, -0.2) is 14.5 Å². The zero-order chi connectivity index (χ0) is 46.0. The van der Waals surface area contributed by atoms with E-state index in [1.807, 2.05) is 56.9 Å². The van der Waals surface area contributed by atoms with Gasteiger partial charge in [-0.1, -0.05) is 26.2 Å². The number of hydrogen-bond donors (Lipinski definition) is 4. The summed E-state index contributed by atoms with van der Waals surface area (Å²) in [5.74, 6) is 0.321. The largest absolute Gasteiger partial charge is 0.487 e. The molecule has 1 fully saturated rings. The normalized spacial score (nSPS) is 14.2. The maximum Gasteiger partial charge on any atom is 0.287 e. The van der Waals surface area contributed by atoms with Gasteiger partial charge in [-0.05, 0) is 87.2 Å². The Kier molecular flexibility index (Phi) is 14.7. The van der Waals surface area contributed by atoms with Crippen molar-refractivity contribution in [2.45, 2.75) is 84.7 Å². The molecule has 340 valence electrons. The Bertz CT molecular complexity index is 2570. The molecule has 65 heavy (non-hydrogen) atoms. The summed E-state index contributed by atoms with van der Waals surface area (Å²) in [6.07, 6.45) is 12.1. The fraction of sp³-hybridized carbons (Fsp3) is 0.375. The fourth-order valence-electron chi connectivity index (χ4n) is 7.91. The summed E-state index contributed by atoms with van der Waals surface area (Å²) in [4.78, 5) is 61.2. The van der Waals surface area contributed by atoms with Crippen LogP contribution in [0.2, 0.25) is 0 Å². The van der Waals surface area contributed by atoms with E-state index in [1.165, 1.54) is 7.05 Å². The minimum absolute atomic E-state index is 0.0454. The first kappa shape index (κ1) is 45.7. The predicted octanol–water partition coefficient (Wildman–Crippen LogP) is 5.40. The molecule has 17 nitrogen and oxygen atoms in total. The number of rotatable bonds is 18. The summed E-state index contributed by atoms with van der Waals surface area (Å²) in [7, 11) is 4.98. The Hall–Kier alpha value is -7.30. The summed E-state index contributed by atoms with van der Waals surface area (Å²) < 4.78 is 27.4. The van der Waals surface area contributed by atoms with Crippen LogP contribution in [0, 0.1) is 25.7 Å². The average Bonchev–Trinajstić information content (AvgIpc) is 4.10. The van der Waals surface area contributed by atoms with Crippen molar-refractivity contribution in [2.24, 2.45) is 18.9 Å². The number of pyridine rings is 3. The van der Waals surface area contributed by atoms with E-state index < -0.39 is 23.9 Å². The highest BCUT2D eigenvalue weighted by Crippen LogP contribution is 2.28. The standard InChI is InChI=1S/C48H55N9O8/c1-29-25-57(21-20-33(29)27-62-35-12-14-37(51-23-35)40-17-19-42(65-40)46(59)54-44(48(61)50-5)32-10-8-7-9-11-32)26-30(2)43(47(60)49-4)53-45(58)41-18-16-39(64-41)38-15-13-36(24-52-38)63-28-34-22-31(3)56(6)55-34/h12-25,30,32,43-44H,7-11,26-28H2,1-6H3,(H3-,49,50,53,54,58,59,60,61)/p+1. The number of aryl methyl sites for hydroxylation is 3. The molecule has 3 unspecified atom stereocenters. The number of nitrogens with one attached hydrogen (secondary N) is 4.